The molecule has 0 radical (unpaired) electrons. The summed E-state index contributed by atoms with van der Waals surface area (Å²) >= 11 is 0. The molecule has 1 aliphatic heterocycles. The minimum atomic E-state index is -0.115. The summed E-state index contributed by atoms with van der Waals surface area (Å²) in [5, 5.41) is 15.6. The first kappa shape index (κ1) is 22.4. The number of aromatic nitrogens is 8. The highest BCUT2D eigenvalue weighted by atomic mass is 16.5. The summed E-state index contributed by atoms with van der Waals surface area (Å²) in [6.45, 7) is 14.6. The number of hydrogen-bond donors (Lipinski definition) is 2. The predicted molar refractivity (Wildman–Crippen MR) is 124 cm³/mol. The summed E-state index contributed by atoms with van der Waals surface area (Å²) in [5.41, 5.74) is 8.66. The fourth-order valence-corrected chi connectivity index (χ4v) is 3.68. The third-order valence-corrected chi connectivity index (χ3v) is 5.40. The molecule has 0 bridgehead atoms. The molecule has 0 amide bonds. The number of nitrogen functional groups attached to an aromatic ring is 1. The maximum Gasteiger partial charge on any atom is 0.308 e. The Hall–Kier alpha value is -3.83. The number of imidazole rings is 2. The molecular formula is C21H31N11O+2. The van der Waals surface area contributed by atoms with Crippen molar-refractivity contribution < 1.29 is 14.5 Å². The molecule has 1 aliphatic rings. The van der Waals surface area contributed by atoms with Gasteiger partial charge in [-0.15, -0.1) is 5.10 Å². The average Bonchev–Trinajstić information content (AvgIpc) is 3.32. The summed E-state index contributed by atoms with van der Waals surface area (Å²) in [6, 6.07) is 0. The monoisotopic (exact) mass is 453 g/mol. The summed E-state index contributed by atoms with van der Waals surface area (Å²) in [4.78, 5) is 17.0. The van der Waals surface area contributed by atoms with Crippen molar-refractivity contribution in [3.05, 3.63) is 25.3 Å². The van der Waals surface area contributed by atoms with E-state index in [4.69, 9.17) is 5.73 Å². The summed E-state index contributed by atoms with van der Waals surface area (Å²) in [6.07, 6.45) is 6.58. The molecule has 33 heavy (non-hydrogen) atoms. The molecule has 0 atom stereocenters. The van der Waals surface area contributed by atoms with E-state index in [9.17, 15) is 5.21 Å². The molecule has 4 aromatic rings. The van der Waals surface area contributed by atoms with Crippen LogP contribution in [-0.4, -0.2) is 47.2 Å². The lowest BCUT2D eigenvalue weighted by atomic mass is 10.1. The number of hydrogen-bond acceptors (Lipinski definition) is 8. The zero-order valence-electron chi connectivity index (χ0n) is 20.3. The molecule has 0 aromatic carbocycles. The van der Waals surface area contributed by atoms with Gasteiger partial charge in [0.1, 0.15) is 0 Å². The Bertz CT molecular complexity index is 1390. The second-order valence-electron chi connectivity index (χ2n) is 10.00. The SMILES string of the molecule is CC(C)(C)n1cnc2c(N)[n+](O)cnc21.CC1=NN(C)c2ncnc3c2n1c[n+]3C(C)(C)C. The van der Waals surface area contributed by atoms with Crippen LogP contribution in [0.4, 0.5) is 11.6 Å². The lowest BCUT2D eigenvalue weighted by molar-refractivity contribution is -0.894. The molecule has 0 unspecified atom stereocenters. The number of nitrogens with zero attached hydrogens (tertiary/aromatic N) is 10. The van der Waals surface area contributed by atoms with Crippen LogP contribution in [0.15, 0.2) is 30.4 Å². The van der Waals surface area contributed by atoms with E-state index < -0.39 is 0 Å². The van der Waals surface area contributed by atoms with Crippen LogP contribution in [0.25, 0.3) is 22.3 Å². The van der Waals surface area contributed by atoms with Gasteiger partial charge in [-0.3, -0.25) is 4.57 Å². The van der Waals surface area contributed by atoms with Gasteiger partial charge in [-0.2, -0.15) is 4.98 Å². The van der Waals surface area contributed by atoms with Gasteiger partial charge >= 0.3 is 5.65 Å². The average molecular weight is 454 g/mol. The molecule has 4 aromatic heterocycles. The fraction of sp³-hybridized carbons (Fsp3) is 0.476. The van der Waals surface area contributed by atoms with Crippen molar-refractivity contribution in [1.29, 1.82) is 0 Å². The Morgan fingerprint density at radius 2 is 1.73 bits per heavy atom. The van der Waals surface area contributed by atoms with Crippen molar-refractivity contribution >= 4 is 39.8 Å². The van der Waals surface area contributed by atoms with Crippen molar-refractivity contribution in [3.8, 4) is 0 Å². The number of hydrazone groups is 1. The third-order valence-electron chi connectivity index (χ3n) is 5.40. The second kappa shape index (κ2) is 7.36. The molecule has 5 heterocycles. The van der Waals surface area contributed by atoms with Gasteiger partial charge in [0, 0.05) is 19.5 Å². The Labute approximate surface area is 191 Å². The van der Waals surface area contributed by atoms with Gasteiger partial charge in [0.05, 0.1) is 11.9 Å². The molecule has 0 saturated carbocycles. The standard InChI is InChI=1S/C12H17N6.C9H13N5O/c1-8-15-16(5)10-9-11(14-6-13-10)18(7-17(8)9)12(2,3)4;1-9(2,3)13-4-11-6-7(10)14(15)5-12-8(6)13/h6-7H,1-5H3;4-5,10,15H,1-3H3/q+1;/p+1. The maximum atomic E-state index is 9.31. The van der Waals surface area contributed by atoms with Crippen molar-refractivity contribution in [2.45, 2.75) is 59.5 Å². The molecule has 0 aliphatic carbocycles. The summed E-state index contributed by atoms with van der Waals surface area (Å²) < 4.78 is 6.89. The lowest BCUT2D eigenvalue weighted by Gasteiger charge is -2.19. The van der Waals surface area contributed by atoms with E-state index in [1.807, 2.05) is 39.3 Å². The van der Waals surface area contributed by atoms with Gasteiger partial charge < -0.3 is 10.9 Å². The molecule has 3 N–H and O–H groups in total. The Morgan fingerprint density at radius 1 is 1.03 bits per heavy atom. The van der Waals surface area contributed by atoms with E-state index in [-0.39, 0.29) is 16.9 Å². The minimum absolute atomic E-state index is 0.0294. The molecular weight excluding hydrogens is 422 g/mol. The first-order chi connectivity index (χ1) is 15.3. The van der Waals surface area contributed by atoms with Crippen LogP contribution in [0, 0.1) is 0 Å². The van der Waals surface area contributed by atoms with Gasteiger partial charge in [0.2, 0.25) is 16.7 Å². The van der Waals surface area contributed by atoms with Gasteiger partial charge in [-0.25, -0.2) is 19.1 Å². The molecule has 5 rings (SSSR count). The van der Waals surface area contributed by atoms with Crippen LogP contribution < -0.4 is 20.0 Å². The topological polar surface area (TPSA) is 131 Å². The molecule has 0 spiro atoms. The summed E-state index contributed by atoms with van der Waals surface area (Å²) in [5.74, 6) is 1.96. The fourth-order valence-electron chi connectivity index (χ4n) is 3.68. The van der Waals surface area contributed by atoms with Crippen LogP contribution in [0.5, 0.6) is 0 Å². The Kier molecular flexibility index (Phi) is 4.99. The van der Waals surface area contributed by atoms with Crippen LogP contribution in [0.2, 0.25) is 0 Å². The zero-order chi connectivity index (χ0) is 24.3. The smallest absolute Gasteiger partial charge is 0.308 e. The third kappa shape index (κ3) is 3.70. The van der Waals surface area contributed by atoms with Crippen LogP contribution in [-0.2, 0) is 11.1 Å². The number of rotatable bonds is 0. The van der Waals surface area contributed by atoms with Gasteiger partial charge in [-0.1, -0.05) is 14.7 Å². The summed E-state index contributed by atoms with van der Waals surface area (Å²) in [7, 11) is 1.91. The van der Waals surface area contributed by atoms with E-state index in [2.05, 4.69) is 61.3 Å². The van der Waals surface area contributed by atoms with Crippen molar-refractivity contribution in [1.82, 2.24) is 29.1 Å². The van der Waals surface area contributed by atoms with Gasteiger partial charge in [0.25, 0.3) is 12.1 Å². The maximum absolute atomic E-state index is 9.31. The molecule has 0 fully saturated rings. The number of nitrogens with two attached hydrogens (primary N) is 1. The van der Waals surface area contributed by atoms with E-state index in [1.54, 1.807) is 17.7 Å². The molecule has 0 saturated heterocycles. The first-order valence-electron chi connectivity index (χ1n) is 10.6. The van der Waals surface area contributed by atoms with E-state index >= 15 is 0 Å². The van der Waals surface area contributed by atoms with Crippen LogP contribution in [0.1, 0.15) is 48.5 Å². The highest BCUT2D eigenvalue weighted by molar-refractivity contribution is 5.97. The normalized spacial score (nSPS) is 13.8. The molecule has 174 valence electrons. The molecule has 12 nitrogen and oxygen atoms in total. The van der Waals surface area contributed by atoms with Crippen LogP contribution in [0.3, 0.4) is 0 Å². The van der Waals surface area contributed by atoms with Crippen molar-refractivity contribution in [2.24, 2.45) is 5.10 Å². The Balaban J connectivity index is 0.000000160. The quantitative estimate of drug-likeness (QED) is 0.304. The lowest BCUT2D eigenvalue weighted by Crippen LogP contribution is -2.49. The number of anilines is 2. The van der Waals surface area contributed by atoms with E-state index in [0.29, 0.717) is 11.2 Å². The highest BCUT2D eigenvalue weighted by Crippen LogP contribution is 2.26. The first-order valence-corrected chi connectivity index (χ1v) is 10.6. The van der Waals surface area contributed by atoms with E-state index in [0.717, 1.165) is 27.5 Å². The predicted octanol–water partition coefficient (Wildman–Crippen LogP) is 1.40. The highest BCUT2D eigenvalue weighted by Gasteiger charge is 2.32. The van der Waals surface area contributed by atoms with Crippen molar-refractivity contribution in [3.63, 3.8) is 0 Å². The van der Waals surface area contributed by atoms with Gasteiger partial charge in [0.15, 0.2) is 24.3 Å². The van der Waals surface area contributed by atoms with E-state index in [1.165, 1.54) is 6.33 Å². The molecule has 12 heteroatoms. The Morgan fingerprint density at radius 3 is 2.36 bits per heavy atom. The van der Waals surface area contributed by atoms with Crippen LogP contribution >= 0.6 is 0 Å². The zero-order valence-corrected chi connectivity index (χ0v) is 20.3. The van der Waals surface area contributed by atoms with Gasteiger partial charge in [-0.05, 0) is 41.5 Å². The number of fused-ring (bicyclic) bond motifs is 1. The minimum Gasteiger partial charge on any atom is -0.371 e. The second-order valence-corrected chi connectivity index (χ2v) is 10.00. The largest absolute Gasteiger partial charge is 0.371 e. The van der Waals surface area contributed by atoms with Crippen molar-refractivity contribution in [2.75, 3.05) is 17.8 Å².